The van der Waals surface area contributed by atoms with Gasteiger partial charge in [0.1, 0.15) is 18.2 Å². The van der Waals surface area contributed by atoms with Gasteiger partial charge in [-0.1, -0.05) is 42.5 Å². The summed E-state index contributed by atoms with van der Waals surface area (Å²) in [7, 11) is 1.65. The van der Waals surface area contributed by atoms with Crippen LogP contribution in [0.1, 0.15) is 23.6 Å². The van der Waals surface area contributed by atoms with Gasteiger partial charge >= 0.3 is 0 Å². The average Bonchev–Trinajstić information content (AvgIpc) is 2.75. The van der Waals surface area contributed by atoms with Crippen molar-refractivity contribution in [2.45, 2.75) is 26.6 Å². The number of nitrogens with one attached hydrogen (secondary N) is 1. The summed E-state index contributed by atoms with van der Waals surface area (Å²) < 4.78 is 30.9. The maximum absolute atomic E-state index is 14.0. The Labute approximate surface area is 183 Å². The fraction of sp³-hybridized carbons (Fsp3) is 0.250. The van der Waals surface area contributed by atoms with Crippen LogP contribution in [0.25, 0.3) is 0 Å². The Bertz CT molecular complexity index is 919. The van der Waals surface area contributed by atoms with Crippen LogP contribution in [0.2, 0.25) is 0 Å². The molecule has 0 aromatic heterocycles. The van der Waals surface area contributed by atoms with E-state index in [1.807, 2.05) is 49.4 Å². The van der Waals surface area contributed by atoms with E-state index in [1.165, 1.54) is 6.07 Å². The van der Waals surface area contributed by atoms with Crippen molar-refractivity contribution < 1.29 is 18.6 Å². The maximum atomic E-state index is 14.0. The topological polar surface area (TPSA) is 39.7 Å². The van der Waals surface area contributed by atoms with Gasteiger partial charge < -0.3 is 19.5 Å². The number of ether oxygens (including phenoxy) is 3. The summed E-state index contributed by atoms with van der Waals surface area (Å²) in [5, 5.41) is 3.42. The Balaban J connectivity index is 0.00000320. The number of benzene rings is 3. The van der Waals surface area contributed by atoms with Gasteiger partial charge in [0.05, 0.1) is 13.7 Å². The van der Waals surface area contributed by atoms with Crippen molar-refractivity contribution in [3.05, 3.63) is 89.2 Å². The van der Waals surface area contributed by atoms with Crippen molar-refractivity contribution >= 4 is 12.4 Å². The number of para-hydroxylation sites is 1. The Morgan fingerprint density at radius 3 is 2.27 bits per heavy atom. The molecule has 0 heterocycles. The Morgan fingerprint density at radius 2 is 1.57 bits per heavy atom. The Kier molecular flexibility index (Phi) is 9.45. The van der Waals surface area contributed by atoms with Crippen LogP contribution in [0.3, 0.4) is 0 Å². The van der Waals surface area contributed by atoms with Crippen molar-refractivity contribution in [2.24, 2.45) is 0 Å². The SMILES string of the molecule is CCOc1cccc(CNCc2ccc(OC)cc2)c1OCc1ccccc1F.Cl. The van der Waals surface area contributed by atoms with E-state index in [9.17, 15) is 4.39 Å². The first-order valence-electron chi connectivity index (χ1n) is 9.65. The first-order chi connectivity index (χ1) is 14.2. The van der Waals surface area contributed by atoms with Crippen molar-refractivity contribution in [1.82, 2.24) is 5.32 Å². The van der Waals surface area contributed by atoms with Crippen LogP contribution >= 0.6 is 12.4 Å². The lowest BCUT2D eigenvalue weighted by molar-refractivity contribution is 0.262. The molecule has 4 nitrogen and oxygen atoms in total. The summed E-state index contributed by atoms with van der Waals surface area (Å²) >= 11 is 0. The van der Waals surface area contributed by atoms with Crippen LogP contribution in [0.4, 0.5) is 4.39 Å². The van der Waals surface area contributed by atoms with E-state index in [-0.39, 0.29) is 24.8 Å². The number of hydrogen-bond donors (Lipinski definition) is 1. The van der Waals surface area contributed by atoms with Crippen LogP contribution in [-0.2, 0) is 19.7 Å². The van der Waals surface area contributed by atoms with Crippen molar-refractivity contribution in [2.75, 3.05) is 13.7 Å². The molecule has 0 unspecified atom stereocenters. The monoisotopic (exact) mass is 431 g/mol. The molecule has 3 rings (SSSR count). The molecule has 3 aromatic carbocycles. The predicted molar refractivity (Wildman–Crippen MR) is 119 cm³/mol. The summed E-state index contributed by atoms with van der Waals surface area (Å²) in [6, 6.07) is 20.3. The molecular formula is C24H27ClFNO3. The molecule has 160 valence electrons. The van der Waals surface area contributed by atoms with Gasteiger partial charge in [0.15, 0.2) is 11.5 Å². The van der Waals surface area contributed by atoms with E-state index in [4.69, 9.17) is 14.2 Å². The second-order valence-electron chi connectivity index (χ2n) is 6.51. The quantitative estimate of drug-likeness (QED) is 0.458. The van der Waals surface area contributed by atoms with Crippen molar-refractivity contribution in [3.63, 3.8) is 0 Å². The molecule has 3 aromatic rings. The van der Waals surface area contributed by atoms with Crippen molar-refractivity contribution in [1.29, 1.82) is 0 Å². The summed E-state index contributed by atoms with van der Waals surface area (Å²) in [6.07, 6.45) is 0. The summed E-state index contributed by atoms with van der Waals surface area (Å²) in [4.78, 5) is 0. The second-order valence-corrected chi connectivity index (χ2v) is 6.51. The Morgan fingerprint density at radius 1 is 0.833 bits per heavy atom. The molecule has 0 aliphatic rings. The zero-order valence-electron chi connectivity index (χ0n) is 17.2. The normalized spacial score (nSPS) is 10.2. The van der Waals surface area contributed by atoms with Gasteiger partial charge in [-0.15, -0.1) is 12.4 Å². The Hall–Kier alpha value is -2.76. The zero-order chi connectivity index (χ0) is 20.5. The molecule has 0 bridgehead atoms. The zero-order valence-corrected chi connectivity index (χ0v) is 18.0. The second kappa shape index (κ2) is 12.1. The predicted octanol–water partition coefficient (Wildman–Crippen LogP) is 5.52. The molecule has 30 heavy (non-hydrogen) atoms. The van der Waals surface area contributed by atoms with Gasteiger partial charge in [0, 0.05) is 24.2 Å². The van der Waals surface area contributed by atoms with Crippen molar-refractivity contribution in [3.8, 4) is 17.2 Å². The van der Waals surface area contributed by atoms with Gasteiger partial charge in [-0.3, -0.25) is 0 Å². The van der Waals surface area contributed by atoms with Crippen LogP contribution in [0.15, 0.2) is 66.7 Å². The van der Waals surface area contributed by atoms with Gasteiger partial charge in [0.2, 0.25) is 0 Å². The lowest BCUT2D eigenvalue weighted by Crippen LogP contribution is -2.14. The molecule has 0 spiro atoms. The minimum absolute atomic E-state index is 0. The highest BCUT2D eigenvalue weighted by Crippen LogP contribution is 2.32. The minimum Gasteiger partial charge on any atom is -0.497 e. The van der Waals surface area contributed by atoms with Gasteiger partial charge in [0.25, 0.3) is 0 Å². The molecule has 0 amide bonds. The smallest absolute Gasteiger partial charge is 0.166 e. The lowest BCUT2D eigenvalue weighted by atomic mass is 10.1. The van der Waals surface area contributed by atoms with E-state index in [0.717, 1.165) is 16.9 Å². The van der Waals surface area contributed by atoms with E-state index < -0.39 is 0 Å². The summed E-state index contributed by atoms with van der Waals surface area (Å²) in [5.74, 6) is 1.86. The van der Waals surface area contributed by atoms with E-state index in [1.54, 1.807) is 25.3 Å². The molecule has 1 N–H and O–H groups in total. The molecule has 0 saturated heterocycles. The molecule has 0 aliphatic carbocycles. The third-order valence-electron chi connectivity index (χ3n) is 4.49. The number of rotatable bonds is 10. The van der Waals surface area contributed by atoms with Crippen LogP contribution in [0, 0.1) is 5.82 Å². The highest BCUT2D eigenvalue weighted by Gasteiger charge is 2.12. The highest BCUT2D eigenvalue weighted by molar-refractivity contribution is 5.85. The molecule has 6 heteroatoms. The van der Waals surface area contributed by atoms with E-state index >= 15 is 0 Å². The van der Waals surface area contributed by atoms with Gasteiger partial charge in [-0.25, -0.2) is 4.39 Å². The average molecular weight is 432 g/mol. The van der Waals surface area contributed by atoms with Gasteiger partial charge in [-0.05, 0) is 36.8 Å². The summed E-state index contributed by atoms with van der Waals surface area (Å²) in [5.41, 5.74) is 2.62. The summed E-state index contributed by atoms with van der Waals surface area (Å²) in [6.45, 7) is 3.89. The molecular weight excluding hydrogens is 405 g/mol. The maximum Gasteiger partial charge on any atom is 0.166 e. The molecule has 0 saturated carbocycles. The molecule has 0 aliphatic heterocycles. The fourth-order valence-corrected chi connectivity index (χ4v) is 2.98. The highest BCUT2D eigenvalue weighted by atomic mass is 35.5. The third-order valence-corrected chi connectivity index (χ3v) is 4.49. The largest absolute Gasteiger partial charge is 0.497 e. The fourth-order valence-electron chi connectivity index (χ4n) is 2.98. The van der Waals surface area contributed by atoms with E-state index in [2.05, 4.69) is 5.32 Å². The van der Waals surface area contributed by atoms with Crippen LogP contribution in [-0.4, -0.2) is 13.7 Å². The molecule has 0 atom stereocenters. The van der Waals surface area contributed by atoms with Crippen LogP contribution in [0.5, 0.6) is 17.2 Å². The number of hydrogen-bond acceptors (Lipinski definition) is 4. The number of methoxy groups -OCH3 is 1. The first-order valence-corrected chi connectivity index (χ1v) is 9.65. The van der Waals surface area contributed by atoms with E-state index in [0.29, 0.717) is 36.8 Å². The molecule has 0 radical (unpaired) electrons. The first kappa shape index (κ1) is 23.5. The van der Waals surface area contributed by atoms with Crippen LogP contribution < -0.4 is 19.5 Å². The molecule has 0 fully saturated rings. The number of halogens is 2. The third kappa shape index (κ3) is 6.37. The minimum atomic E-state index is -0.277. The lowest BCUT2D eigenvalue weighted by Gasteiger charge is -2.17. The standard InChI is InChI=1S/C24H26FNO3.ClH/c1-3-28-23-10-6-8-19(16-26-15-18-11-13-21(27-2)14-12-18)24(23)29-17-20-7-4-5-9-22(20)25;/h4-14,26H,3,15-17H2,1-2H3;1H. The van der Waals surface area contributed by atoms with Gasteiger partial charge in [-0.2, -0.15) is 0 Å².